The van der Waals surface area contributed by atoms with Gasteiger partial charge in [-0.05, 0) is 32.4 Å². The monoisotopic (exact) mass is 367 g/mol. The van der Waals surface area contributed by atoms with Crippen LogP contribution in [0.15, 0.2) is 6.20 Å². The summed E-state index contributed by atoms with van der Waals surface area (Å²) in [5.41, 5.74) is 0.865. The number of aromatic nitrogens is 2. The second kappa shape index (κ2) is 9.00. The highest BCUT2D eigenvalue weighted by atomic mass is 32.2. The summed E-state index contributed by atoms with van der Waals surface area (Å²) in [6.45, 7) is 5.32. The minimum atomic E-state index is -1.03. The number of hydrogen-bond donors (Lipinski definition) is 2. The molecule has 138 valence electrons. The van der Waals surface area contributed by atoms with Gasteiger partial charge in [0.2, 0.25) is 5.95 Å². The molecule has 2 rings (SSSR count). The second-order valence-electron chi connectivity index (χ2n) is 6.11. The van der Waals surface area contributed by atoms with Crippen molar-refractivity contribution in [3.63, 3.8) is 0 Å². The third-order valence-electron chi connectivity index (χ3n) is 4.21. The SMILES string of the molecule is CSCC[C@H](NC(=O)c1cnc(N2CCN(C)CC2)nc1C)C(=O)O. The van der Waals surface area contributed by atoms with Crippen molar-refractivity contribution < 1.29 is 14.7 Å². The molecule has 25 heavy (non-hydrogen) atoms. The van der Waals surface area contributed by atoms with E-state index in [4.69, 9.17) is 0 Å². The lowest BCUT2D eigenvalue weighted by molar-refractivity contribution is -0.139. The van der Waals surface area contributed by atoms with Crippen molar-refractivity contribution in [2.45, 2.75) is 19.4 Å². The average Bonchev–Trinajstić information content (AvgIpc) is 2.58. The highest BCUT2D eigenvalue weighted by molar-refractivity contribution is 7.98. The standard InChI is InChI=1S/C16H25N5O3S/c1-11-12(14(22)19-13(15(23)24)4-9-25-3)10-17-16(18-11)21-7-5-20(2)6-8-21/h10,13H,4-9H2,1-3H3,(H,19,22)(H,23,24)/t13-/m0/s1. The van der Waals surface area contributed by atoms with E-state index >= 15 is 0 Å². The van der Waals surface area contributed by atoms with Crippen LogP contribution < -0.4 is 10.2 Å². The Hall–Kier alpha value is -1.87. The molecule has 1 aliphatic rings. The first-order valence-electron chi connectivity index (χ1n) is 8.22. The Balaban J connectivity index is 2.06. The number of carbonyl (C=O) groups is 2. The topological polar surface area (TPSA) is 98.7 Å². The van der Waals surface area contributed by atoms with Crippen LogP contribution >= 0.6 is 11.8 Å². The van der Waals surface area contributed by atoms with Crippen LogP contribution in [0.5, 0.6) is 0 Å². The zero-order valence-electron chi connectivity index (χ0n) is 14.9. The molecule has 2 heterocycles. The van der Waals surface area contributed by atoms with Crippen LogP contribution in [0.2, 0.25) is 0 Å². The fourth-order valence-corrected chi connectivity index (χ4v) is 3.04. The van der Waals surface area contributed by atoms with Crippen LogP contribution in [-0.4, -0.2) is 83.1 Å². The van der Waals surface area contributed by atoms with Crippen molar-refractivity contribution in [3.8, 4) is 0 Å². The summed E-state index contributed by atoms with van der Waals surface area (Å²) in [5, 5.41) is 11.8. The fraction of sp³-hybridized carbons (Fsp3) is 0.625. The van der Waals surface area contributed by atoms with Gasteiger partial charge in [0.1, 0.15) is 6.04 Å². The van der Waals surface area contributed by atoms with Gasteiger partial charge in [-0.25, -0.2) is 14.8 Å². The molecule has 0 spiro atoms. The van der Waals surface area contributed by atoms with Gasteiger partial charge in [0.25, 0.3) is 5.91 Å². The summed E-state index contributed by atoms with van der Waals surface area (Å²) in [6.07, 6.45) is 3.76. The number of carbonyl (C=O) groups excluding carboxylic acids is 1. The fourth-order valence-electron chi connectivity index (χ4n) is 2.57. The number of rotatable bonds is 7. The van der Waals surface area contributed by atoms with Gasteiger partial charge in [0, 0.05) is 32.4 Å². The Morgan fingerprint density at radius 3 is 2.60 bits per heavy atom. The van der Waals surface area contributed by atoms with E-state index in [0.717, 1.165) is 26.2 Å². The highest BCUT2D eigenvalue weighted by Gasteiger charge is 2.23. The number of aryl methyl sites for hydroxylation is 1. The number of likely N-dealkylation sites (N-methyl/N-ethyl adjacent to an activating group) is 1. The molecule has 0 unspecified atom stereocenters. The number of nitrogens with zero attached hydrogens (tertiary/aromatic N) is 4. The molecule has 0 saturated carbocycles. The van der Waals surface area contributed by atoms with Gasteiger partial charge in [-0.1, -0.05) is 0 Å². The lowest BCUT2D eigenvalue weighted by Gasteiger charge is -2.32. The molecule has 2 N–H and O–H groups in total. The molecule has 9 heteroatoms. The molecule has 0 aromatic carbocycles. The Kier molecular flexibility index (Phi) is 7.01. The van der Waals surface area contributed by atoms with E-state index in [2.05, 4.69) is 32.1 Å². The van der Waals surface area contributed by atoms with Gasteiger partial charge in [-0.2, -0.15) is 11.8 Å². The van der Waals surface area contributed by atoms with Crippen molar-refractivity contribution in [1.29, 1.82) is 0 Å². The molecule has 1 aromatic rings. The Labute approximate surface area is 152 Å². The van der Waals surface area contributed by atoms with Gasteiger partial charge in [-0.3, -0.25) is 4.79 Å². The van der Waals surface area contributed by atoms with E-state index in [-0.39, 0.29) is 0 Å². The molecule has 0 bridgehead atoms. The van der Waals surface area contributed by atoms with Crippen LogP contribution in [0.25, 0.3) is 0 Å². The maximum atomic E-state index is 12.4. The van der Waals surface area contributed by atoms with Crippen molar-refractivity contribution >= 4 is 29.6 Å². The number of anilines is 1. The average molecular weight is 367 g/mol. The summed E-state index contributed by atoms with van der Waals surface area (Å²) in [7, 11) is 2.08. The van der Waals surface area contributed by atoms with E-state index in [0.29, 0.717) is 29.4 Å². The summed E-state index contributed by atoms with van der Waals surface area (Å²) >= 11 is 1.54. The van der Waals surface area contributed by atoms with Gasteiger partial charge >= 0.3 is 5.97 Å². The van der Waals surface area contributed by atoms with Crippen molar-refractivity contribution in [3.05, 3.63) is 17.5 Å². The van der Waals surface area contributed by atoms with E-state index in [1.54, 1.807) is 18.7 Å². The first-order chi connectivity index (χ1) is 11.9. The molecular weight excluding hydrogens is 342 g/mol. The minimum Gasteiger partial charge on any atom is -0.480 e. The predicted molar refractivity (Wildman–Crippen MR) is 98.4 cm³/mol. The second-order valence-corrected chi connectivity index (χ2v) is 7.09. The van der Waals surface area contributed by atoms with Crippen LogP contribution in [-0.2, 0) is 4.79 Å². The molecule has 1 aromatic heterocycles. The zero-order valence-corrected chi connectivity index (χ0v) is 15.7. The summed E-state index contributed by atoms with van der Waals surface area (Å²) < 4.78 is 0. The number of carboxylic acid groups (broad SMARTS) is 1. The zero-order chi connectivity index (χ0) is 18.4. The van der Waals surface area contributed by atoms with Gasteiger partial charge in [0.05, 0.1) is 11.3 Å². The molecule has 1 saturated heterocycles. The predicted octanol–water partition coefficient (Wildman–Crippen LogP) is 0.473. The summed E-state index contributed by atoms with van der Waals surface area (Å²) in [6, 6.07) is -0.906. The van der Waals surface area contributed by atoms with Gasteiger partial charge in [0.15, 0.2) is 0 Å². The molecule has 0 aliphatic carbocycles. The highest BCUT2D eigenvalue weighted by Crippen LogP contribution is 2.14. The number of nitrogens with one attached hydrogen (secondary N) is 1. The number of aliphatic carboxylic acids is 1. The number of amides is 1. The van der Waals surface area contributed by atoms with Crippen LogP contribution in [0, 0.1) is 6.92 Å². The number of hydrogen-bond acceptors (Lipinski definition) is 7. The minimum absolute atomic E-state index is 0.313. The lowest BCUT2D eigenvalue weighted by atomic mass is 10.2. The molecule has 8 nitrogen and oxygen atoms in total. The molecule has 1 amide bonds. The van der Waals surface area contributed by atoms with E-state index in [1.165, 1.54) is 6.20 Å². The number of thioether (sulfide) groups is 1. The maximum absolute atomic E-state index is 12.4. The maximum Gasteiger partial charge on any atom is 0.326 e. The van der Waals surface area contributed by atoms with Crippen molar-refractivity contribution in [1.82, 2.24) is 20.2 Å². The molecule has 1 fully saturated rings. The summed E-state index contributed by atoms with van der Waals surface area (Å²) in [4.78, 5) is 36.8. The number of carboxylic acids is 1. The molecule has 1 aliphatic heterocycles. The van der Waals surface area contributed by atoms with E-state index in [9.17, 15) is 14.7 Å². The third-order valence-corrected chi connectivity index (χ3v) is 4.86. The molecule has 1 atom stereocenters. The smallest absolute Gasteiger partial charge is 0.326 e. The third kappa shape index (κ3) is 5.30. The first-order valence-corrected chi connectivity index (χ1v) is 9.61. The first kappa shape index (κ1) is 19.5. The summed E-state index contributed by atoms with van der Waals surface area (Å²) in [5.74, 6) is -0.208. The van der Waals surface area contributed by atoms with Crippen molar-refractivity contribution in [2.75, 3.05) is 50.1 Å². The van der Waals surface area contributed by atoms with Crippen molar-refractivity contribution in [2.24, 2.45) is 0 Å². The Morgan fingerprint density at radius 2 is 2.04 bits per heavy atom. The van der Waals surface area contributed by atoms with E-state index in [1.807, 2.05) is 6.26 Å². The largest absolute Gasteiger partial charge is 0.480 e. The quantitative estimate of drug-likeness (QED) is 0.718. The molecular formula is C16H25N5O3S. The lowest BCUT2D eigenvalue weighted by Crippen LogP contribution is -2.45. The van der Waals surface area contributed by atoms with Crippen LogP contribution in [0.1, 0.15) is 22.5 Å². The Morgan fingerprint density at radius 1 is 1.36 bits per heavy atom. The van der Waals surface area contributed by atoms with Crippen LogP contribution in [0.3, 0.4) is 0 Å². The Bertz CT molecular complexity index is 620. The molecule has 0 radical (unpaired) electrons. The van der Waals surface area contributed by atoms with Crippen LogP contribution in [0.4, 0.5) is 5.95 Å². The number of piperazine rings is 1. The van der Waals surface area contributed by atoms with Gasteiger partial charge in [-0.15, -0.1) is 0 Å². The van der Waals surface area contributed by atoms with E-state index < -0.39 is 17.9 Å². The van der Waals surface area contributed by atoms with Gasteiger partial charge < -0.3 is 20.2 Å². The normalized spacial score (nSPS) is 16.5.